The summed E-state index contributed by atoms with van der Waals surface area (Å²) < 4.78 is 5.16. The minimum atomic E-state index is -1.02. The van der Waals surface area contributed by atoms with Crippen molar-refractivity contribution >= 4 is 5.97 Å². The minimum absolute atomic E-state index is 0.0632. The van der Waals surface area contributed by atoms with Crippen molar-refractivity contribution < 1.29 is 24.5 Å². The van der Waals surface area contributed by atoms with Crippen LogP contribution in [0.3, 0.4) is 0 Å². The lowest BCUT2D eigenvalue weighted by Gasteiger charge is -2.58. The number of aliphatic hydroxyl groups excluding tert-OH is 2. The smallest absolute Gasteiger partial charge is 0.332 e. The fourth-order valence-corrected chi connectivity index (χ4v) is 5.27. The molecule has 0 bridgehead atoms. The van der Waals surface area contributed by atoms with Gasteiger partial charge in [0.1, 0.15) is 0 Å². The van der Waals surface area contributed by atoms with Gasteiger partial charge in [0, 0.05) is 11.0 Å². The van der Waals surface area contributed by atoms with E-state index in [1.54, 1.807) is 12.5 Å². The molecule has 0 amide bonds. The van der Waals surface area contributed by atoms with Crippen LogP contribution in [0.25, 0.3) is 0 Å². The van der Waals surface area contributed by atoms with Gasteiger partial charge in [-0.05, 0) is 67.1 Å². The zero-order valence-corrected chi connectivity index (χ0v) is 14.9. The van der Waals surface area contributed by atoms with Gasteiger partial charge in [-0.25, -0.2) is 4.79 Å². The number of aryl methyl sites for hydroxylation is 1. The van der Waals surface area contributed by atoms with Crippen LogP contribution in [0.1, 0.15) is 45.1 Å². The summed E-state index contributed by atoms with van der Waals surface area (Å²) in [6, 6.07) is 1.95. The topological polar surface area (TPSA) is 90.9 Å². The number of hydrogen-bond donors (Lipinski definition) is 3. The van der Waals surface area contributed by atoms with Crippen molar-refractivity contribution in [2.75, 3.05) is 6.61 Å². The Hall–Kier alpha value is -1.59. The van der Waals surface area contributed by atoms with Gasteiger partial charge in [-0.1, -0.05) is 13.8 Å². The molecule has 25 heavy (non-hydrogen) atoms. The van der Waals surface area contributed by atoms with Crippen molar-refractivity contribution in [2.24, 2.45) is 22.7 Å². The number of carbonyl (C=O) groups is 1. The molecule has 1 aromatic rings. The standard InChI is InChI=1S/C20H28O5/c1-13-3-7-20(12-21)16(18(23)24)9-15(22)10-17(20)19(13,2)6-4-14-5-8-25-11-14/h5,8-9,11,13,15,17,21-22H,3-4,6-7,10,12H2,1-2H3,(H,23,24)/t13-,15+,17+,19-,20+/m0/s1. The average Bonchev–Trinajstić information content (AvgIpc) is 3.10. The van der Waals surface area contributed by atoms with Crippen LogP contribution < -0.4 is 0 Å². The first-order valence-electron chi connectivity index (χ1n) is 9.09. The minimum Gasteiger partial charge on any atom is -0.478 e. The number of hydrogen-bond acceptors (Lipinski definition) is 4. The van der Waals surface area contributed by atoms with Crippen molar-refractivity contribution in [3.8, 4) is 0 Å². The summed E-state index contributed by atoms with van der Waals surface area (Å²) in [5, 5.41) is 30.3. The van der Waals surface area contributed by atoms with Gasteiger partial charge in [0.15, 0.2) is 0 Å². The Bertz CT molecular complexity index is 649. The maximum atomic E-state index is 11.9. The molecule has 0 saturated heterocycles. The van der Waals surface area contributed by atoms with Crippen LogP contribution in [0.5, 0.6) is 0 Å². The van der Waals surface area contributed by atoms with Crippen LogP contribution in [0.15, 0.2) is 34.7 Å². The van der Waals surface area contributed by atoms with Crippen LogP contribution in [-0.4, -0.2) is 34.0 Å². The van der Waals surface area contributed by atoms with Gasteiger partial charge in [0.2, 0.25) is 0 Å². The Morgan fingerprint density at radius 3 is 2.80 bits per heavy atom. The predicted octanol–water partition coefficient (Wildman–Crippen LogP) is 3.02. The second-order valence-corrected chi connectivity index (χ2v) is 8.13. The van der Waals surface area contributed by atoms with Crippen molar-refractivity contribution in [3.63, 3.8) is 0 Å². The van der Waals surface area contributed by atoms with E-state index in [0.717, 1.165) is 24.8 Å². The maximum absolute atomic E-state index is 11.9. The fourth-order valence-electron chi connectivity index (χ4n) is 5.27. The molecule has 0 radical (unpaired) electrons. The molecule has 3 N–H and O–H groups in total. The molecule has 0 aliphatic heterocycles. The van der Waals surface area contributed by atoms with E-state index in [1.807, 2.05) is 6.07 Å². The first-order chi connectivity index (χ1) is 11.8. The molecule has 0 spiro atoms. The molecule has 3 rings (SSSR count). The number of rotatable bonds is 5. The highest BCUT2D eigenvalue weighted by atomic mass is 16.4. The predicted molar refractivity (Wildman–Crippen MR) is 92.9 cm³/mol. The summed E-state index contributed by atoms with van der Waals surface area (Å²) in [7, 11) is 0. The van der Waals surface area contributed by atoms with Crippen LogP contribution >= 0.6 is 0 Å². The van der Waals surface area contributed by atoms with Crippen molar-refractivity contribution in [3.05, 3.63) is 35.8 Å². The van der Waals surface area contributed by atoms with E-state index in [1.165, 1.54) is 6.08 Å². The van der Waals surface area contributed by atoms with Crippen LogP contribution in [-0.2, 0) is 11.2 Å². The number of furan rings is 1. The summed E-state index contributed by atoms with van der Waals surface area (Å²) in [5.74, 6) is -0.694. The van der Waals surface area contributed by atoms with Crippen LogP contribution in [0.2, 0.25) is 0 Å². The Morgan fingerprint density at radius 2 is 2.20 bits per heavy atom. The Kier molecular flexibility index (Phi) is 4.82. The third-order valence-electron chi connectivity index (χ3n) is 7.03. The number of carboxylic acids is 1. The van der Waals surface area contributed by atoms with E-state index in [-0.39, 0.29) is 23.5 Å². The molecule has 0 unspecified atom stereocenters. The zero-order valence-electron chi connectivity index (χ0n) is 14.9. The molecule has 1 heterocycles. The SMILES string of the molecule is C[C@H]1CC[C@@]2(CO)C(C(=O)O)=C[C@@H](O)C[C@@H]2[C@@]1(C)CCc1ccoc1. The Balaban J connectivity index is 1.98. The number of fused-ring (bicyclic) bond motifs is 1. The van der Waals surface area contributed by atoms with E-state index in [4.69, 9.17) is 4.42 Å². The highest BCUT2D eigenvalue weighted by molar-refractivity contribution is 5.89. The second kappa shape index (κ2) is 6.61. The van der Waals surface area contributed by atoms with Crippen LogP contribution in [0, 0.1) is 22.7 Å². The van der Waals surface area contributed by atoms with Gasteiger partial charge >= 0.3 is 5.97 Å². The third kappa shape index (κ3) is 2.93. The molecule has 0 aromatic carbocycles. The molecule has 5 nitrogen and oxygen atoms in total. The van der Waals surface area contributed by atoms with Crippen molar-refractivity contribution in [2.45, 2.75) is 52.1 Å². The summed E-state index contributed by atoms with van der Waals surface area (Å²) >= 11 is 0. The normalized spacial score (nSPS) is 38.1. The molecule has 5 heteroatoms. The van der Waals surface area contributed by atoms with Gasteiger partial charge in [-0.3, -0.25) is 0 Å². The Labute approximate surface area is 148 Å². The summed E-state index contributed by atoms with van der Waals surface area (Å²) in [6.07, 6.45) is 7.84. The number of aliphatic carboxylic acids is 1. The number of carboxylic acid groups (broad SMARTS) is 1. The molecule has 2 aliphatic carbocycles. The first-order valence-corrected chi connectivity index (χ1v) is 9.09. The molecular weight excluding hydrogens is 320 g/mol. The van der Waals surface area contributed by atoms with E-state index in [9.17, 15) is 20.1 Å². The number of aliphatic hydroxyl groups is 2. The fraction of sp³-hybridized carbons (Fsp3) is 0.650. The summed E-state index contributed by atoms with van der Waals surface area (Å²) in [5.41, 5.74) is 0.399. The van der Waals surface area contributed by atoms with Gasteiger partial charge in [0.25, 0.3) is 0 Å². The second-order valence-electron chi connectivity index (χ2n) is 8.13. The summed E-state index contributed by atoms with van der Waals surface area (Å²) in [6.45, 7) is 4.22. The molecule has 1 aromatic heterocycles. The molecular formula is C20H28O5. The zero-order chi connectivity index (χ0) is 18.2. The van der Waals surface area contributed by atoms with Gasteiger partial charge < -0.3 is 19.7 Å². The quantitative estimate of drug-likeness (QED) is 0.761. The monoisotopic (exact) mass is 348 g/mol. The lowest BCUT2D eigenvalue weighted by molar-refractivity contribution is -0.141. The van der Waals surface area contributed by atoms with E-state index < -0.39 is 17.5 Å². The largest absolute Gasteiger partial charge is 0.478 e. The molecule has 2 aliphatic rings. The van der Waals surface area contributed by atoms with Gasteiger partial charge in [-0.15, -0.1) is 0 Å². The average molecular weight is 348 g/mol. The maximum Gasteiger partial charge on any atom is 0.332 e. The highest BCUT2D eigenvalue weighted by Crippen LogP contribution is 2.61. The lowest BCUT2D eigenvalue weighted by Crippen LogP contribution is -2.55. The molecule has 1 saturated carbocycles. The van der Waals surface area contributed by atoms with E-state index in [2.05, 4.69) is 13.8 Å². The van der Waals surface area contributed by atoms with Crippen molar-refractivity contribution in [1.29, 1.82) is 0 Å². The Morgan fingerprint density at radius 1 is 1.44 bits per heavy atom. The molecule has 1 fully saturated rings. The van der Waals surface area contributed by atoms with Crippen molar-refractivity contribution in [1.82, 2.24) is 0 Å². The summed E-state index contributed by atoms with van der Waals surface area (Å²) in [4.78, 5) is 11.9. The van der Waals surface area contributed by atoms with E-state index >= 15 is 0 Å². The van der Waals surface area contributed by atoms with Gasteiger partial charge in [-0.2, -0.15) is 0 Å². The highest BCUT2D eigenvalue weighted by Gasteiger charge is 2.58. The van der Waals surface area contributed by atoms with Gasteiger partial charge in [0.05, 0.1) is 25.2 Å². The molecule has 5 atom stereocenters. The first kappa shape index (κ1) is 18.2. The van der Waals surface area contributed by atoms with E-state index in [0.29, 0.717) is 18.8 Å². The van der Waals surface area contributed by atoms with Crippen LogP contribution in [0.4, 0.5) is 0 Å². The third-order valence-corrected chi connectivity index (χ3v) is 7.03. The molecule has 138 valence electrons. The lowest BCUT2D eigenvalue weighted by atomic mass is 9.46.